The predicted molar refractivity (Wildman–Crippen MR) is 96.4 cm³/mol. The number of piperazine rings is 1. The van der Waals surface area contributed by atoms with Gasteiger partial charge in [-0.05, 0) is 38.1 Å². The van der Waals surface area contributed by atoms with Crippen LogP contribution in [0.1, 0.15) is 44.9 Å². The van der Waals surface area contributed by atoms with Crippen LogP contribution in [0.4, 0.5) is 4.79 Å². The minimum absolute atomic E-state index is 0. The van der Waals surface area contributed by atoms with Crippen LogP contribution in [0, 0.1) is 5.92 Å². The second kappa shape index (κ2) is 9.47. The molecule has 7 heteroatoms. The van der Waals surface area contributed by atoms with E-state index in [0.29, 0.717) is 38.8 Å². The fourth-order valence-electron chi connectivity index (χ4n) is 3.49. The van der Waals surface area contributed by atoms with Crippen molar-refractivity contribution in [3.8, 4) is 0 Å². The van der Waals surface area contributed by atoms with Crippen molar-refractivity contribution in [2.24, 2.45) is 5.92 Å². The molecule has 2 saturated carbocycles. The van der Waals surface area contributed by atoms with Crippen molar-refractivity contribution in [2.45, 2.75) is 51.0 Å². The van der Waals surface area contributed by atoms with E-state index >= 15 is 0 Å². The van der Waals surface area contributed by atoms with Gasteiger partial charge < -0.3 is 20.4 Å². The number of rotatable bonds is 5. The molecule has 3 rings (SSSR count). The number of nitrogens with zero attached hydrogens (tertiary/aromatic N) is 2. The molecule has 3 amide bonds. The molecule has 0 unspecified atom stereocenters. The van der Waals surface area contributed by atoms with E-state index in [1.165, 1.54) is 32.1 Å². The fraction of sp³-hybridized carbons (Fsp3) is 0.882. The summed E-state index contributed by atoms with van der Waals surface area (Å²) in [6, 6.07) is 0.401. The molecule has 6 nitrogen and oxygen atoms in total. The molecule has 0 radical (unpaired) electrons. The summed E-state index contributed by atoms with van der Waals surface area (Å²) in [4.78, 5) is 28.2. The number of amides is 3. The summed E-state index contributed by atoms with van der Waals surface area (Å²) < 4.78 is 0. The lowest BCUT2D eigenvalue weighted by Crippen LogP contribution is -2.55. The van der Waals surface area contributed by atoms with Crippen LogP contribution in [-0.2, 0) is 4.79 Å². The van der Waals surface area contributed by atoms with Crippen LogP contribution in [0.3, 0.4) is 0 Å². The summed E-state index contributed by atoms with van der Waals surface area (Å²) in [5, 5.41) is 6.41. The van der Waals surface area contributed by atoms with Gasteiger partial charge in [0.15, 0.2) is 0 Å². The first kappa shape index (κ1) is 19.3. The van der Waals surface area contributed by atoms with Gasteiger partial charge in [-0.25, -0.2) is 4.79 Å². The van der Waals surface area contributed by atoms with Crippen molar-refractivity contribution in [1.82, 2.24) is 20.4 Å². The lowest BCUT2D eigenvalue weighted by molar-refractivity contribution is -0.131. The zero-order valence-electron chi connectivity index (χ0n) is 14.5. The smallest absolute Gasteiger partial charge is 0.317 e. The molecule has 138 valence electrons. The lowest BCUT2D eigenvalue weighted by Gasteiger charge is -2.36. The van der Waals surface area contributed by atoms with Gasteiger partial charge in [0.05, 0.1) is 6.54 Å². The minimum atomic E-state index is 0. The molecule has 1 saturated heterocycles. The number of halogens is 1. The van der Waals surface area contributed by atoms with Gasteiger partial charge in [0.1, 0.15) is 0 Å². The second-order valence-corrected chi connectivity index (χ2v) is 7.23. The third-order valence-electron chi connectivity index (χ3n) is 5.26. The highest BCUT2D eigenvalue weighted by Crippen LogP contribution is 2.27. The van der Waals surface area contributed by atoms with E-state index in [0.717, 1.165) is 25.3 Å². The maximum absolute atomic E-state index is 12.3. The molecule has 0 aromatic carbocycles. The molecule has 1 heterocycles. The molecule has 0 bridgehead atoms. The number of carbonyl (C=O) groups is 2. The van der Waals surface area contributed by atoms with Crippen molar-refractivity contribution >= 4 is 24.3 Å². The standard InChI is InChI=1S/C17H30N4O2.ClH/c22-16(13-18-12-14-6-7-14)20-8-10-21(11-9-20)17(23)19-15-4-2-1-3-5-15;/h14-15,18H,1-13H2,(H,19,23);1H. The lowest BCUT2D eigenvalue weighted by atomic mass is 9.96. The molecular weight excluding hydrogens is 328 g/mol. The summed E-state index contributed by atoms with van der Waals surface area (Å²) in [5.41, 5.74) is 0. The van der Waals surface area contributed by atoms with Gasteiger partial charge in [-0.3, -0.25) is 4.79 Å². The Balaban J connectivity index is 0.00000208. The second-order valence-electron chi connectivity index (χ2n) is 7.23. The monoisotopic (exact) mass is 358 g/mol. The van der Waals surface area contributed by atoms with E-state index in [-0.39, 0.29) is 24.3 Å². The molecule has 1 aliphatic heterocycles. The molecule has 3 fully saturated rings. The third kappa shape index (κ3) is 5.81. The number of nitrogens with one attached hydrogen (secondary N) is 2. The Labute approximate surface area is 151 Å². The summed E-state index contributed by atoms with van der Waals surface area (Å²) >= 11 is 0. The first-order valence-corrected chi connectivity index (χ1v) is 9.26. The minimum Gasteiger partial charge on any atom is -0.338 e. The SMILES string of the molecule is Cl.O=C(CNCC1CC1)N1CCN(C(=O)NC2CCCCC2)CC1. The van der Waals surface area contributed by atoms with E-state index in [9.17, 15) is 9.59 Å². The van der Waals surface area contributed by atoms with E-state index in [1.54, 1.807) is 0 Å². The fourth-order valence-corrected chi connectivity index (χ4v) is 3.49. The van der Waals surface area contributed by atoms with Gasteiger partial charge in [-0.15, -0.1) is 12.4 Å². The van der Waals surface area contributed by atoms with Gasteiger partial charge in [-0.1, -0.05) is 19.3 Å². The highest BCUT2D eigenvalue weighted by atomic mass is 35.5. The first-order chi connectivity index (χ1) is 11.2. The van der Waals surface area contributed by atoms with Crippen molar-refractivity contribution in [1.29, 1.82) is 0 Å². The van der Waals surface area contributed by atoms with E-state index in [2.05, 4.69) is 10.6 Å². The molecule has 3 aliphatic rings. The number of carbonyl (C=O) groups excluding carboxylic acids is 2. The van der Waals surface area contributed by atoms with Crippen molar-refractivity contribution in [3.63, 3.8) is 0 Å². The van der Waals surface area contributed by atoms with Gasteiger partial charge in [0.2, 0.25) is 5.91 Å². The zero-order valence-corrected chi connectivity index (χ0v) is 15.3. The maximum Gasteiger partial charge on any atom is 0.317 e. The maximum atomic E-state index is 12.3. The molecular formula is C17H31ClN4O2. The van der Waals surface area contributed by atoms with Crippen LogP contribution in [-0.4, -0.2) is 67.0 Å². The van der Waals surface area contributed by atoms with Crippen LogP contribution in [0.15, 0.2) is 0 Å². The van der Waals surface area contributed by atoms with Crippen molar-refractivity contribution in [2.75, 3.05) is 39.3 Å². The van der Waals surface area contributed by atoms with E-state index in [4.69, 9.17) is 0 Å². The largest absolute Gasteiger partial charge is 0.338 e. The molecule has 0 aromatic rings. The Morgan fingerprint density at radius 1 is 0.875 bits per heavy atom. The number of urea groups is 1. The number of hydrogen-bond acceptors (Lipinski definition) is 3. The average Bonchev–Trinajstić information content (AvgIpc) is 3.40. The normalized spacial score (nSPS) is 22.0. The van der Waals surface area contributed by atoms with E-state index < -0.39 is 0 Å². The molecule has 2 N–H and O–H groups in total. The highest BCUT2D eigenvalue weighted by Gasteiger charge is 2.26. The van der Waals surface area contributed by atoms with Crippen LogP contribution in [0.5, 0.6) is 0 Å². The van der Waals surface area contributed by atoms with Crippen molar-refractivity contribution < 1.29 is 9.59 Å². The Morgan fingerprint density at radius 3 is 2.12 bits per heavy atom. The first-order valence-electron chi connectivity index (χ1n) is 9.26. The Kier molecular flexibility index (Phi) is 7.62. The van der Waals surface area contributed by atoms with Crippen molar-refractivity contribution in [3.05, 3.63) is 0 Å². The van der Waals surface area contributed by atoms with Gasteiger partial charge in [-0.2, -0.15) is 0 Å². The van der Waals surface area contributed by atoms with Gasteiger partial charge in [0.25, 0.3) is 0 Å². The average molecular weight is 359 g/mol. The van der Waals surface area contributed by atoms with Crippen LogP contribution in [0.25, 0.3) is 0 Å². The molecule has 2 aliphatic carbocycles. The Hall–Kier alpha value is -1.01. The quantitative estimate of drug-likeness (QED) is 0.784. The number of hydrogen-bond donors (Lipinski definition) is 2. The molecule has 0 aromatic heterocycles. The summed E-state index contributed by atoms with van der Waals surface area (Å²) in [5.74, 6) is 0.959. The van der Waals surface area contributed by atoms with Gasteiger partial charge in [0, 0.05) is 32.2 Å². The molecule has 0 atom stereocenters. The molecule has 0 spiro atoms. The third-order valence-corrected chi connectivity index (χ3v) is 5.26. The Morgan fingerprint density at radius 2 is 1.50 bits per heavy atom. The van der Waals surface area contributed by atoms with Crippen LogP contribution >= 0.6 is 12.4 Å². The zero-order chi connectivity index (χ0) is 16.1. The van der Waals surface area contributed by atoms with E-state index in [1.807, 2.05) is 9.80 Å². The summed E-state index contributed by atoms with van der Waals surface area (Å²) in [6.45, 7) is 4.00. The van der Waals surface area contributed by atoms with Crippen LogP contribution in [0.2, 0.25) is 0 Å². The summed E-state index contributed by atoms with van der Waals surface area (Å²) in [6.07, 6.45) is 8.56. The Bertz CT molecular complexity index is 417. The predicted octanol–water partition coefficient (Wildman–Crippen LogP) is 1.59. The topological polar surface area (TPSA) is 64.7 Å². The van der Waals surface area contributed by atoms with Crippen LogP contribution < -0.4 is 10.6 Å². The highest BCUT2D eigenvalue weighted by molar-refractivity contribution is 5.85. The summed E-state index contributed by atoms with van der Waals surface area (Å²) in [7, 11) is 0. The van der Waals surface area contributed by atoms with Gasteiger partial charge >= 0.3 is 6.03 Å². The molecule has 24 heavy (non-hydrogen) atoms.